The molecule has 2 saturated carbocycles. The highest BCUT2D eigenvalue weighted by atomic mass is 19.4. The summed E-state index contributed by atoms with van der Waals surface area (Å²) in [5.41, 5.74) is -1.95. The van der Waals surface area contributed by atoms with E-state index in [0.717, 1.165) is 43.7 Å². The van der Waals surface area contributed by atoms with E-state index >= 15 is 0 Å². The molecule has 17 heteroatoms. The van der Waals surface area contributed by atoms with Crippen molar-refractivity contribution in [2.45, 2.75) is 138 Å². The van der Waals surface area contributed by atoms with Crippen LogP contribution in [0.5, 0.6) is 0 Å². The molecule has 3 rings (SSSR count). The molecule has 2 fully saturated rings. The summed E-state index contributed by atoms with van der Waals surface area (Å²) >= 11 is 0. The second-order valence-electron chi connectivity index (χ2n) is 13.5. The Morgan fingerprint density at radius 3 is 1.22 bits per heavy atom. The largest absolute Gasteiger partial charge is 0.460 e. The van der Waals surface area contributed by atoms with Crippen LogP contribution in [-0.2, 0) is 12.3 Å². The Labute approximate surface area is 272 Å². The van der Waals surface area contributed by atoms with Crippen molar-refractivity contribution in [2.75, 3.05) is 0 Å². The molecular weight excluding hydrogens is 707 g/mol. The van der Waals surface area contributed by atoms with Crippen molar-refractivity contribution in [3.05, 3.63) is 35.4 Å². The maximum Gasteiger partial charge on any atom is 0.460 e. The van der Waals surface area contributed by atoms with E-state index in [9.17, 15) is 74.6 Å². The van der Waals surface area contributed by atoms with Gasteiger partial charge in [0.2, 0.25) is 0 Å². The first-order chi connectivity index (χ1) is 22.2. The van der Waals surface area contributed by atoms with E-state index in [1.54, 1.807) is 0 Å². The predicted molar refractivity (Wildman–Crippen MR) is 145 cm³/mol. The Kier molecular flexibility index (Phi) is 12.0. The van der Waals surface area contributed by atoms with Gasteiger partial charge in [-0.15, -0.1) is 0 Å². The molecule has 49 heavy (non-hydrogen) atoms. The van der Waals surface area contributed by atoms with Crippen LogP contribution in [0.25, 0.3) is 0 Å². The lowest BCUT2D eigenvalue weighted by molar-refractivity contribution is -0.462. The lowest BCUT2D eigenvalue weighted by Crippen LogP contribution is -2.74. The summed E-state index contributed by atoms with van der Waals surface area (Å²) in [5, 5.41) is 0. The van der Waals surface area contributed by atoms with Gasteiger partial charge in [0.1, 0.15) is 0 Å². The number of aryl methyl sites for hydroxylation is 1. The first-order valence-corrected chi connectivity index (χ1v) is 16.0. The maximum absolute atomic E-state index is 14.6. The van der Waals surface area contributed by atoms with Gasteiger partial charge in [-0.3, -0.25) is 0 Å². The van der Waals surface area contributed by atoms with Gasteiger partial charge in [-0.25, -0.2) is 0 Å². The van der Waals surface area contributed by atoms with E-state index in [1.807, 2.05) is 0 Å². The molecule has 0 amide bonds. The van der Waals surface area contributed by atoms with Gasteiger partial charge in [-0.2, -0.15) is 74.6 Å². The Bertz CT molecular complexity index is 1200. The van der Waals surface area contributed by atoms with E-state index in [0.29, 0.717) is 18.3 Å². The Morgan fingerprint density at radius 2 is 0.837 bits per heavy atom. The number of unbranched alkanes of at least 4 members (excludes halogenated alkanes) is 1. The topological polar surface area (TPSA) is 0 Å². The van der Waals surface area contributed by atoms with Crippen molar-refractivity contribution in [1.29, 1.82) is 0 Å². The number of alkyl halides is 17. The minimum Gasteiger partial charge on any atom is -0.194 e. The fourth-order valence-electron chi connectivity index (χ4n) is 6.99. The highest BCUT2D eigenvalue weighted by Crippen LogP contribution is 2.65. The van der Waals surface area contributed by atoms with Gasteiger partial charge in [0.15, 0.2) is 0 Å². The number of halogens is 17. The molecule has 2 aliphatic carbocycles. The lowest BCUT2D eigenvalue weighted by atomic mass is 9.68. The van der Waals surface area contributed by atoms with Crippen molar-refractivity contribution in [3.8, 4) is 0 Å². The lowest BCUT2D eigenvalue weighted by Gasteiger charge is -2.42. The van der Waals surface area contributed by atoms with Crippen LogP contribution in [0.15, 0.2) is 24.3 Å². The number of hydrogen-bond acceptors (Lipinski definition) is 0. The molecule has 2 aliphatic rings. The monoisotopic (exact) mass is 744 g/mol. The highest BCUT2D eigenvalue weighted by Gasteiger charge is 2.95. The van der Waals surface area contributed by atoms with Crippen LogP contribution in [0.1, 0.15) is 95.1 Å². The van der Waals surface area contributed by atoms with Crippen LogP contribution in [0.2, 0.25) is 0 Å². The zero-order valence-corrected chi connectivity index (χ0v) is 26.2. The SMILES string of the molecule is CCCCC1CCC(C2CCC(CCc3ccc(C(F)(F)C(F)(F)C(F)(F)C(F)(F)C(F)(F)C(F)(F)C(F)(F)C(F)(F)F)cc3)CC2)CC1. The maximum atomic E-state index is 14.6. The first-order valence-electron chi connectivity index (χ1n) is 16.0. The summed E-state index contributed by atoms with van der Waals surface area (Å²) in [5.74, 6) is -54.2. The van der Waals surface area contributed by atoms with E-state index in [-0.39, 0.29) is 30.0 Å². The highest BCUT2D eigenvalue weighted by molar-refractivity contribution is 5.30. The predicted octanol–water partition coefficient (Wildman–Crippen LogP) is 12.9. The van der Waals surface area contributed by atoms with Crippen molar-refractivity contribution in [3.63, 3.8) is 0 Å². The second-order valence-corrected chi connectivity index (χ2v) is 13.5. The van der Waals surface area contributed by atoms with Crippen LogP contribution < -0.4 is 0 Å². The Hall–Kier alpha value is -1.97. The summed E-state index contributed by atoms with van der Waals surface area (Å²) in [6.45, 7) is 2.16. The summed E-state index contributed by atoms with van der Waals surface area (Å²) in [6, 6.07) is 1.64. The van der Waals surface area contributed by atoms with Crippen LogP contribution in [0.4, 0.5) is 74.6 Å². The van der Waals surface area contributed by atoms with Crippen LogP contribution in [-0.4, -0.2) is 41.7 Å². The first kappa shape index (κ1) is 41.5. The summed E-state index contributed by atoms with van der Waals surface area (Å²) in [7, 11) is 0. The molecule has 0 nitrogen and oxygen atoms in total. The number of benzene rings is 1. The van der Waals surface area contributed by atoms with Crippen LogP contribution >= 0.6 is 0 Å². The van der Waals surface area contributed by atoms with E-state index < -0.39 is 53.2 Å². The molecule has 0 aromatic heterocycles. The Balaban J connectivity index is 1.66. The van der Waals surface area contributed by atoms with Crippen molar-refractivity contribution in [1.82, 2.24) is 0 Å². The third-order valence-corrected chi connectivity index (χ3v) is 10.3. The fraction of sp³-hybridized carbons (Fsp3) is 0.812. The zero-order chi connectivity index (χ0) is 37.5. The van der Waals surface area contributed by atoms with Gasteiger partial charge in [0, 0.05) is 5.56 Å². The van der Waals surface area contributed by atoms with Gasteiger partial charge in [0.25, 0.3) is 0 Å². The molecule has 0 radical (unpaired) electrons. The second kappa shape index (κ2) is 14.2. The summed E-state index contributed by atoms with van der Waals surface area (Å²) in [4.78, 5) is 0. The van der Waals surface area contributed by atoms with Crippen molar-refractivity contribution >= 4 is 0 Å². The molecule has 0 bridgehead atoms. The molecular formula is C32H37F17. The van der Waals surface area contributed by atoms with Crippen LogP contribution in [0.3, 0.4) is 0 Å². The smallest absolute Gasteiger partial charge is 0.194 e. The third-order valence-electron chi connectivity index (χ3n) is 10.3. The van der Waals surface area contributed by atoms with Gasteiger partial charge in [-0.05, 0) is 67.8 Å². The summed E-state index contributed by atoms with van der Waals surface area (Å²) < 4.78 is 231. The normalized spacial score (nSPS) is 24.3. The zero-order valence-electron chi connectivity index (χ0n) is 26.2. The standard InChI is InChI=1S/C32H37F17/c1-2-3-4-19-7-13-22(14-8-19)23-15-9-20(10-16-23)5-6-21-11-17-24(18-12-21)25(33,34)26(35,36)27(37,38)28(39,40)29(41,42)30(43,44)31(45,46)32(47,48)49/h11-12,17-20,22-23H,2-10,13-16H2,1H3. The molecule has 0 N–H and O–H groups in total. The van der Waals surface area contributed by atoms with Gasteiger partial charge >= 0.3 is 47.6 Å². The van der Waals surface area contributed by atoms with Crippen LogP contribution in [0, 0.1) is 23.7 Å². The molecule has 1 aromatic rings. The minimum atomic E-state index is -8.63. The molecule has 0 heterocycles. The number of rotatable bonds is 14. The third kappa shape index (κ3) is 7.37. The molecule has 0 atom stereocenters. The molecule has 0 spiro atoms. The molecule has 284 valence electrons. The average Bonchev–Trinajstić information content (AvgIpc) is 3.02. The fourth-order valence-corrected chi connectivity index (χ4v) is 6.99. The molecule has 1 aromatic carbocycles. The molecule has 0 aliphatic heterocycles. The quantitative estimate of drug-likeness (QED) is 0.166. The average molecular weight is 745 g/mol. The van der Waals surface area contributed by atoms with Gasteiger partial charge in [0.05, 0.1) is 0 Å². The Morgan fingerprint density at radius 1 is 0.469 bits per heavy atom. The van der Waals surface area contributed by atoms with E-state index in [1.165, 1.54) is 44.9 Å². The van der Waals surface area contributed by atoms with Crippen molar-refractivity contribution in [2.24, 2.45) is 23.7 Å². The molecule has 0 saturated heterocycles. The van der Waals surface area contributed by atoms with E-state index in [4.69, 9.17) is 0 Å². The molecule has 0 unspecified atom stereocenters. The van der Waals surface area contributed by atoms with Gasteiger partial charge in [-0.1, -0.05) is 76.1 Å². The van der Waals surface area contributed by atoms with Gasteiger partial charge < -0.3 is 0 Å². The van der Waals surface area contributed by atoms with Crippen molar-refractivity contribution < 1.29 is 74.6 Å². The minimum absolute atomic E-state index is 0.0791. The summed E-state index contributed by atoms with van der Waals surface area (Å²) in [6.07, 6.45) is 5.14. The van der Waals surface area contributed by atoms with E-state index in [2.05, 4.69) is 6.92 Å². The number of hydrogen-bond donors (Lipinski definition) is 0.